The fourth-order valence-corrected chi connectivity index (χ4v) is 2.76. The Bertz CT molecular complexity index is 771. The number of fused-ring (bicyclic) bond motifs is 1. The van der Waals surface area contributed by atoms with Crippen LogP contribution in [0.5, 0.6) is 0 Å². The first-order chi connectivity index (χ1) is 10.3. The van der Waals surface area contributed by atoms with E-state index in [9.17, 15) is 0 Å². The molecule has 108 valence electrons. The molecule has 21 heavy (non-hydrogen) atoms. The second kappa shape index (κ2) is 4.96. The van der Waals surface area contributed by atoms with Gasteiger partial charge in [0.25, 0.3) is 0 Å². The highest BCUT2D eigenvalue weighted by Gasteiger charge is 2.23. The summed E-state index contributed by atoms with van der Waals surface area (Å²) in [5.41, 5.74) is 3.02. The molecule has 1 atom stereocenters. The zero-order chi connectivity index (χ0) is 14.2. The number of nitrogens with zero attached hydrogens (tertiary/aromatic N) is 4. The van der Waals surface area contributed by atoms with Crippen molar-refractivity contribution in [3.63, 3.8) is 0 Å². The summed E-state index contributed by atoms with van der Waals surface area (Å²) in [5.74, 6) is 1.66. The van der Waals surface area contributed by atoms with Gasteiger partial charge in [-0.2, -0.15) is 4.98 Å². The van der Waals surface area contributed by atoms with Crippen LogP contribution in [-0.4, -0.2) is 32.7 Å². The van der Waals surface area contributed by atoms with E-state index in [2.05, 4.69) is 19.5 Å². The molecule has 4 heterocycles. The first-order valence-corrected chi connectivity index (χ1v) is 7.14. The molecule has 4 rings (SSSR count). The van der Waals surface area contributed by atoms with E-state index in [4.69, 9.17) is 9.26 Å². The molecule has 0 bridgehead atoms. The van der Waals surface area contributed by atoms with Crippen molar-refractivity contribution in [2.45, 2.75) is 25.7 Å². The van der Waals surface area contributed by atoms with Crippen LogP contribution in [0, 0.1) is 6.92 Å². The molecule has 0 aromatic carbocycles. The molecule has 0 aliphatic carbocycles. The van der Waals surface area contributed by atoms with E-state index in [1.165, 1.54) is 0 Å². The van der Waals surface area contributed by atoms with Crippen LogP contribution in [0.3, 0.4) is 0 Å². The number of rotatable bonds is 3. The Morgan fingerprint density at radius 3 is 3.14 bits per heavy atom. The van der Waals surface area contributed by atoms with Crippen molar-refractivity contribution in [2.75, 3.05) is 13.2 Å². The largest absolute Gasteiger partial charge is 0.381 e. The average molecular weight is 284 g/mol. The van der Waals surface area contributed by atoms with Gasteiger partial charge in [-0.25, -0.2) is 4.98 Å². The Kier molecular flexibility index (Phi) is 2.96. The molecule has 0 amide bonds. The number of hydrogen-bond donors (Lipinski definition) is 0. The van der Waals surface area contributed by atoms with Gasteiger partial charge in [-0.3, -0.25) is 0 Å². The summed E-state index contributed by atoms with van der Waals surface area (Å²) in [5, 5.41) is 4.09. The van der Waals surface area contributed by atoms with Crippen molar-refractivity contribution in [2.24, 2.45) is 0 Å². The first kappa shape index (κ1) is 12.5. The van der Waals surface area contributed by atoms with Gasteiger partial charge in [0.15, 0.2) is 5.82 Å². The van der Waals surface area contributed by atoms with Gasteiger partial charge in [-0.15, -0.1) is 0 Å². The Hall–Kier alpha value is -2.21. The van der Waals surface area contributed by atoms with Crippen molar-refractivity contribution >= 4 is 5.65 Å². The minimum Gasteiger partial charge on any atom is -0.381 e. The summed E-state index contributed by atoms with van der Waals surface area (Å²) >= 11 is 0. The number of imidazole rings is 1. The van der Waals surface area contributed by atoms with Crippen LogP contribution in [0.1, 0.15) is 35.4 Å². The van der Waals surface area contributed by atoms with Crippen LogP contribution < -0.4 is 0 Å². The molecule has 6 nitrogen and oxygen atoms in total. The molecule has 0 saturated carbocycles. The third-order valence-electron chi connectivity index (χ3n) is 3.93. The zero-order valence-corrected chi connectivity index (χ0v) is 11.8. The van der Waals surface area contributed by atoms with E-state index in [1.807, 2.05) is 31.3 Å². The van der Waals surface area contributed by atoms with Crippen molar-refractivity contribution in [3.05, 3.63) is 47.5 Å². The lowest BCUT2D eigenvalue weighted by molar-refractivity contribution is 0.192. The molecule has 0 N–H and O–H groups in total. The van der Waals surface area contributed by atoms with E-state index >= 15 is 0 Å². The standard InChI is InChI=1S/C15H16N4O2/c1-10-12(19-6-3-2-4-13(19)16-10)8-14-17-15(18-21-14)11-5-7-20-9-11/h2-4,6,11H,5,7-9H2,1H3/t11-/m1/s1. The quantitative estimate of drug-likeness (QED) is 0.737. The van der Waals surface area contributed by atoms with Gasteiger partial charge < -0.3 is 13.7 Å². The van der Waals surface area contributed by atoms with E-state index < -0.39 is 0 Å². The molecule has 3 aromatic heterocycles. The van der Waals surface area contributed by atoms with Gasteiger partial charge in [0.05, 0.1) is 24.4 Å². The van der Waals surface area contributed by atoms with Crippen LogP contribution in [0.4, 0.5) is 0 Å². The minimum absolute atomic E-state index is 0.269. The maximum absolute atomic E-state index is 5.40. The molecule has 0 unspecified atom stereocenters. The second-order valence-corrected chi connectivity index (χ2v) is 5.36. The van der Waals surface area contributed by atoms with Crippen LogP contribution in [0.15, 0.2) is 28.9 Å². The molecule has 6 heteroatoms. The van der Waals surface area contributed by atoms with Crippen LogP contribution >= 0.6 is 0 Å². The topological polar surface area (TPSA) is 65.5 Å². The second-order valence-electron chi connectivity index (χ2n) is 5.36. The number of pyridine rings is 1. The maximum Gasteiger partial charge on any atom is 0.232 e. The van der Waals surface area contributed by atoms with Crippen molar-refractivity contribution in [3.8, 4) is 0 Å². The zero-order valence-electron chi connectivity index (χ0n) is 11.8. The number of aryl methyl sites for hydroxylation is 1. The van der Waals surface area contributed by atoms with Crippen molar-refractivity contribution in [1.29, 1.82) is 0 Å². The van der Waals surface area contributed by atoms with Gasteiger partial charge in [0.2, 0.25) is 5.89 Å². The number of hydrogen-bond acceptors (Lipinski definition) is 5. The van der Waals surface area contributed by atoms with Crippen LogP contribution in [0.25, 0.3) is 5.65 Å². The van der Waals surface area contributed by atoms with Crippen LogP contribution in [0.2, 0.25) is 0 Å². The summed E-state index contributed by atoms with van der Waals surface area (Å²) in [4.78, 5) is 9.06. The fourth-order valence-electron chi connectivity index (χ4n) is 2.76. The maximum atomic E-state index is 5.40. The van der Waals surface area contributed by atoms with Gasteiger partial charge in [0, 0.05) is 18.7 Å². The molecule has 1 fully saturated rings. The third-order valence-corrected chi connectivity index (χ3v) is 3.93. The molecule has 3 aromatic rings. The molecular formula is C15H16N4O2. The van der Waals surface area contributed by atoms with E-state index in [-0.39, 0.29) is 5.92 Å². The SMILES string of the molecule is Cc1nc2ccccn2c1Cc1nc([C@@H]2CCOC2)no1. The molecular weight excluding hydrogens is 268 g/mol. The summed E-state index contributed by atoms with van der Waals surface area (Å²) in [6, 6.07) is 5.97. The predicted molar refractivity (Wildman–Crippen MR) is 75.2 cm³/mol. The molecule has 1 aliphatic rings. The average Bonchev–Trinajstić information content (AvgIpc) is 3.20. The Morgan fingerprint density at radius 2 is 2.29 bits per heavy atom. The monoisotopic (exact) mass is 284 g/mol. The highest BCUT2D eigenvalue weighted by Crippen LogP contribution is 2.23. The first-order valence-electron chi connectivity index (χ1n) is 7.14. The molecule has 1 aliphatic heterocycles. The summed E-state index contributed by atoms with van der Waals surface area (Å²) in [6.45, 7) is 3.47. The minimum atomic E-state index is 0.269. The van der Waals surface area contributed by atoms with Gasteiger partial charge in [-0.05, 0) is 25.5 Å². The highest BCUT2D eigenvalue weighted by molar-refractivity contribution is 5.43. The predicted octanol–water partition coefficient (Wildman–Crippen LogP) is 2.12. The smallest absolute Gasteiger partial charge is 0.232 e. The normalized spacial score (nSPS) is 18.6. The summed E-state index contributed by atoms with van der Waals surface area (Å²) in [6.07, 6.45) is 3.57. The van der Waals surface area contributed by atoms with Gasteiger partial charge in [0.1, 0.15) is 5.65 Å². The number of ether oxygens (including phenoxy) is 1. The highest BCUT2D eigenvalue weighted by atomic mass is 16.5. The molecule has 0 radical (unpaired) electrons. The Balaban J connectivity index is 1.64. The van der Waals surface area contributed by atoms with Crippen LogP contribution in [-0.2, 0) is 11.2 Å². The Morgan fingerprint density at radius 1 is 1.33 bits per heavy atom. The van der Waals surface area contributed by atoms with Gasteiger partial charge in [-0.1, -0.05) is 11.2 Å². The summed E-state index contributed by atoms with van der Waals surface area (Å²) in [7, 11) is 0. The fraction of sp³-hybridized carbons (Fsp3) is 0.400. The summed E-state index contributed by atoms with van der Waals surface area (Å²) < 4.78 is 12.8. The molecule has 1 saturated heterocycles. The Labute approximate surface area is 121 Å². The van der Waals surface area contributed by atoms with Crippen molar-refractivity contribution < 1.29 is 9.26 Å². The lowest BCUT2D eigenvalue weighted by atomic mass is 10.1. The van der Waals surface area contributed by atoms with E-state index in [0.717, 1.165) is 35.9 Å². The van der Waals surface area contributed by atoms with Gasteiger partial charge >= 0.3 is 0 Å². The molecule has 0 spiro atoms. The van der Waals surface area contributed by atoms with E-state index in [1.54, 1.807) is 0 Å². The van der Waals surface area contributed by atoms with E-state index in [0.29, 0.717) is 18.9 Å². The lowest BCUT2D eigenvalue weighted by Crippen LogP contribution is -2.01. The number of aromatic nitrogens is 4. The van der Waals surface area contributed by atoms with Crippen molar-refractivity contribution in [1.82, 2.24) is 19.5 Å². The lowest BCUT2D eigenvalue weighted by Gasteiger charge is -1.99. The third kappa shape index (κ3) is 2.21.